The van der Waals surface area contributed by atoms with Crippen molar-refractivity contribution in [3.63, 3.8) is 0 Å². The molecule has 0 amide bonds. The lowest BCUT2D eigenvalue weighted by Crippen LogP contribution is -2.22. The molecule has 2 aromatic rings. The molecule has 2 aromatic carbocycles. The van der Waals surface area contributed by atoms with Crippen molar-refractivity contribution in [1.82, 2.24) is 0 Å². The number of hydrogen-bond donors (Lipinski definition) is 3. The fourth-order valence-electron chi connectivity index (χ4n) is 2.53. The number of phenolic OH excluding ortho intramolecular Hbond substituents is 1. The van der Waals surface area contributed by atoms with Crippen LogP contribution < -0.4 is 11.5 Å². The minimum Gasteiger partial charge on any atom is -0.506 e. The lowest BCUT2D eigenvalue weighted by molar-refractivity contribution is -0.384. The van der Waals surface area contributed by atoms with Gasteiger partial charge in [0.05, 0.1) is 4.92 Å². The third kappa shape index (κ3) is 2.95. The molecule has 5 N–H and O–H groups in total. The summed E-state index contributed by atoms with van der Waals surface area (Å²) in [6.45, 7) is 0. The normalized spacial score (nSPS) is 16.3. The van der Waals surface area contributed by atoms with Crippen LogP contribution in [0.5, 0.6) is 5.75 Å². The van der Waals surface area contributed by atoms with Crippen LogP contribution in [0, 0.1) is 10.1 Å². The number of nitro benzene ring substituents is 1. The predicted molar refractivity (Wildman–Crippen MR) is 90.5 cm³/mol. The maximum absolute atomic E-state index is 11.1. The van der Waals surface area contributed by atoms with E-state index in [0.29, 0.717) is 6.42 Å². The summed E-state index contributed by atoms with van der Waals surface area (Å²) in [5.74, 6) is -0.0573. The van der Waals surface area contributed by atoms with Gasteiger partial charge in [0.15, 0.2) is 5.69 Å². The van der Waals surface area contributed by atoms with Gasteiger partial charge in [-0.2, -0.15) is 0 Å². The summed E-state index contributed by atoms with van der Waals surface area (Å²) < 4.78 is 0. The molecular weight excluding hydrogens is 310 g/mol. The van der Waals surface area contributed by atoms with Crippen LogP contribution in [0.4, 0.5) is 22.7 Å². The molecule has 0 spiro atoms. The van der Waals surface area contributed by atoms with Gasteiger partial charge in [0.1, 0.15) is 11.4 Å². The molecule has 24 heavy (non-hydrogen) atoms. The first-order valence-corrected chi connectivity index (χ1v) is 7.20. The Bertz CT molecular complexity index is 876. The largest absolute Gasteiger partial charge is 0.506 e. The minimum atomic E-state index is -0.580. The van der Waals surface area contributed by atoms with Crippen LogP contribution in [0.25, 0.3) is 6.08 Å². The van der Waals surface area contributed by atoms with Crippen molar-refractivity contribution in [3.05, 3.63) is 57.6 Å². The number of hydrogen-bond acceptors (Lipinski definition) is 7. The van der Waals surface area contributed by atoms with Crippen LogP contribution in [0.1, 0.15) is 11.1 Å². The zero-order chi connectivity index (χ0) is 17.3. The van der Waals surface area contributed by atoms with Crippen LogP contribution in [-0.2, 0) is 6.42 Å². The predicted octanol–water partition coefficient (Wildman–Crippen LogP) is 3.19. The lowest BCUT2D eigenvalue weighted by atomic mass is 9.93. The zero-order valence-corrected chi connectivity index (χ0v) is 12.6. The van der Waals surface area contributed by atoms with Crippen molar-refractivity contribution in [2.75, 3.05) is 5.73 Å². The number of rotatable bonds is 3. The number of nitrogens with zero attached hydrogens (tertiary/aromatic N) is 3. The van der Waals surface area contributed by atoms with E-state index < -0.39 is 4.92 Å². The molecule has 1 atom stereocenters. The number of nitrogen functional groups attached to an aromatic ring is 1. The van der Waals surface area contributed by atoms with Gasteiger partial charge in [-0.1, -0.05) is 18.2 Å². The van der Waals surface area contributed by atoms with Gasteiger partial charge in [0.2, 0.25) is 0 Å². The quantitative estimate of drug-likeness (QED) is 0.344. The molecular formula is C16H15N5O3. The Morgan fingerprint density at radius 2 is 2.04 bits per heavy atom. The second-order valence-corrected chi connectivity index (χ2v) is 5.43. The summed E-state index contributed by atoms with van der Waals surface area (Å²) in [6.07, 6.45) is 4.22. The molecule has 1 aliphatic carbocycles. The van der Waals surface area contributed by atoms with E-state index in [2.05, 4.69) is 10.2 Å². The van der Waals surface area contributed by atoms with Gasteiger partial charge in [-0.05, 0) is 35.7 Å². The van der Waals surface area contributed by atoms with Gasteiger partial charge in [-0.15, -0.1) is 10.2 Å². The van der Waals surface area contributed by atoms with Gasteiger partial charge < -0.3 is 16.6 Å². The highest BCUT2D eigenvalue weighted by molar-refractivity contribution is 5.70. The lowest BCUT2D eigenvalue weighted by Gasteiger charge is -2.17. The molecule has 0 aromatic heterocycles. The zero-order valence-electron chi connectivity index (χ0n) is 12.6. The van der Waals surface area contributed by atoms with E-state index in [4.69, 9.17) is 11.5 Å². The van der Waals surface area contributed by atoms with E-state index in [0.717, 1.165) is 11.1 Å². The third-order valence-electron chi connectivity index (χ3n) is 3.71. The molecule has 122 valence electrons. The van der Waals surface area contributed by atoms with Crippen molar-refractivity contribution in [2.45, 2.75) is 12.5 Å². The van der Waals surface area contributed by atoms with E-state index >= 15 is 0 Å². The molecule has 8 nitrogen and oxygen atoms in total. The number of anilines is 1. The highest BCUT2D eigenvalue weighted by Gasteiger charge is 2.18. The SMILES string of the molecule is Nc1ccc(N=Nc2c(O)ccc3c2CC(N)C=C3)c([N+](=O)[O-])c1. The fraction of sp³-hybridized carbons (Fsp3) is 0.125. The van der Waals surface area contributed by atoms with Crippen LogP contribution in [0.15, 0.2) is 46.6 Å². The van der Waals surface area contributed by atoms with E-state index in [1.807, 2.05) is 12.2 Å². The first-order chi connectivity index (χ1) is 11.5. The van der Waals surface area contributed by atoms with Gasteiger partial charge in [-0.25, -0.2) is 0 Å². The van der Waals surface area contributed by atoms with E-state index in [1.54, 1.807) is 6.07 Å². The average Bonchev–Trinajstić information content (AvgIpc) is 2.54. The highest BCUT2D eigenvalue weighted by atomic mass is 16.6. The van der Waals surface area contributed by atoms with Gasteiger partial charge in [-0.3, -0.25) is 10.1 Å². The molecule has 0 saturated carbocycles. The van der Waals surface area contributed by atoms with Gasteiger partial charge in [0, 0.05) is 17.8 Å². The van der Waals surface area contributed by atoms with Crippen molar-refractivity contribution in [3.8, 4) is 5.75 Å². The summed E-state index contributed by atoms with van der Waals surface area (Å²) in [7, 11) is 0. The summed E-state index contributed by atoms with van der Waals surface area (Å²) in [5, 5.41) is 29.2. The van der Waals surface area contributed by atoms with Crippen LogP contribution in [0.3, 0.4) is 0 Å². The Morgan fingerprint density at radius 1 is 1.25 bits per heavy atom. The highest BCUT2D eigenvalue weighted by Crippen LogP contribution is 2.38. The monoisotopic (exact) mass is 325 g/mol. The Hall–Kier alpha value is -3.26. The second-order valence-electron chi connectivity index (χ2n) is 5.43. The number of benzene rings is 2. The fourth-order valence-corrected chi connectivity index (χ4v) is 2.53. The Balaban J connectivity index is 2.05. The average molecular weight is 325 g/mol. The number of fused-ring (bicyclic) bond motifs is 1. The summed E-state index contributed by atoms with van der Waals surface area (Å²) >= 11 is 0. The van der Waals surface area contributed by atoms with E-state index in [1.165, 1.54) is 24.3 Å². The molecule has 1 unspecified atom stereocenters. The third-order valence-corrected chi connectivity index (χ3v) is 3.71. The number of nitrogens with two attached hydrogens (primary N) is 2. The van der Waals surface area contributed by atoms with Crippen LogP contribution in [-0.4, -0.2) is 16.1 Å². The maximum atomic E-state index is 11.1. The molecule has 8 heteroatoms. The van der Waals surface area contributed by atoms with Crippen molar-refractivity contribution < 1.29 is 10.0 Å². The minimum absolute atomic E-state index is 0.0573. The molecule has 0 saturated heterocycles. The first-order valence-electron chi connectivity index (χ1n) is 7.20. The molecule has 0 radical (unpaired) electrons. The standard InChI is InChI=1S/C16H15N5O3/c17-10-3-1-9-2-6-15(22)16(12(9)7-10)20-19-13-5-4-11(18)8-14(13)21(23)24/h1-6,8,10,22H,7,17-18H2. The van der Waals surface area contributed by atoms with Crippen LogP contribution in [0.2, 0.25) is 0 Å². The van der Waals surface area contributed by atoms with E-state index in [9.17, 15) is 15.2 Å². The second kappa shape index (κ2) is 6.09. The molecule has 0 heterocycles. The summed E-state index contributed by atoms with van der Waals surface area (Å²) in [5.41, 5.74) is 13.4. The Kier molecular flexibility index (Phi) is 3.97. The van der Waals surface area contributed by atoms with Crippen molar-refractivity contribution in [1.29, 1.82) is 0 Å². The number of nitro groups is 1. The molecule has 1 aliphatic rings. The Labute approximate surface area is 137 Å². The molecule has 3 rings (SSSR count). The smallest absolute Gasteiger partial charge is 0.298 e. The molecule has 0 bridgehead atoms. The van der Waals surface area contributed by atoms with Crippen molar-refractivity contribution >= 4 is 28.8 Å². The number of aromatic hydroxyl groups is 1. The summed E-state index contributed by atoms with van der Waals surface area (Å²) in [6, 6.07) is 7.21. The number of phenols is 1. The molecule has 0 fully saturated rings. The maximum Gasteiger partial charge on any atom is 0.298 e. The first kappa shape index (κ1) is 15.6. The van der Waals surface area contributed by atoms with Gasteiger partial charge >= 0.3 is 0 Å². The van der Waals surface area contributed by atoms with Crippen molar-refractivity contribution in [2.24, 2.45) is 16.0 Å². The molecule has 0 aliphatic heterocycles. The number of azo groups is 1. The van der Waals surface area contributed by atoms with Crippen LogP contribution >= 0.6 is 0 Å². The summed E-state index contributed by atoms with van der Waals surface area (Å²) in [4.78, 5) is 10.5. The van der Waals surface area contributed by atoms with Gasteiger partial charge in [0.25, 0.3) is 5.69 Å². The Morgan fingerprint density at radius 3 is 2.79 bits per heavy atom. The van der Waals surface area contributed by atoms with E-state index in [-0.39, 0.29) is 34.5 Å². The topological polar surface area (TPSA) is 140 Å².